The number of benzene rings is 2. The molecule has 0 atom stereocenters. The molecule has 0 aliphatic heterocycles. The van der Waals surface area contributed by atoms with Crippen LogP contribution in [0.15, 0.2) is 48.5 Å². The Labute approximate surface area is 124 Å². The van der Waals surface area contributed by atoms with Gasteiger partial charge < -0.3 is 5.32 Å². The number of thioether (sulfide) groups is 1. The third kappa shape index (κ3) is 4.57. The summed E-state index contributed by atoms with van der Waals surface area (Å²) >= 11 is 1.93. The highest BCUT2D eigenvalue weighted by Crippen LogP contribution is 2.19. The van der Waals surface area contributed by atoms with Crippen LogP contribution in [0.2, 0.25) is 0 Å². The molecule has 0 radical (unpaired) electrons. The zero-order chi connectivity index (χ0) is 14.4. The number of rotatable bonds is 6. The third-order valence-electron chi connectivity index (χ3n) is 2.98. The molecule has 0 saturated carbocycles. The van der Waals surface area contributed by atoms with Crippen LogP contribution in [0.25, 0.3) is 0 Å². The number of hydrogen-bond donors (Lipinski definition) is 1. The predicted molar refractivity (Wildman–Crippen MR) is 86.6 cm³/mol. The van der Waals surface area contributed by atoms with E-state index in [1.54, 1.807) is 12.1 Å². The third-order valence-corrected chi connectivity index (χ3v) is 4.14. The first-order chi connectivity index (χ1) is 9.65. The normalized spacial score (nSPS) is 10.8. The quantitative estimate of drug-likeness (QED) is 0.796. The highest BCUT2D eigenvalue weighted by molar-refractivity contribution is 7.99. The highest BCUT2D eigenvalue weighted by atomic mass is 32.2. The summed E-state index contributed by atoms with van der Waals surface area (Å²) in [5.41, 5.74) is 3.03. The van der Waals surface area contributed by atoms with E-state index in [0.717, 1.165) is 11.4 Å². The fourth-order valence-corrected chi connectivity index (χ4v) is 2.54. The Morgan fingerprint density at radius 3 is 2.40 bits per heavy atom. The summed E-state index contributed by atoms with van der Waals surface area (Å²) in [5.74, 6) is 0.871. The minimum atomic E-state index is -0.162. The maximum absolute atomic E-state index is 13.5. The first-order valence-corrected chi connectivity index (χ1v) is 7.88. The lowest BCUT2D eigenvalue weighted by atomic mass is 10.2. The zero-order valence-corrected chi connectivity index (χ0v) is 12.7. The molecule has 0 saturated heterocycles. The maximum atomic E-state index is 13.5. The lowest BCUT2D eigenvalue weighted by molar-refractivity contribution is 0.613. The molecular weight excluding hydrogens is 269 g/mol. The minimum absolute atomic E-state index is 0.162. The molecule has 2 rings (SSSR count). The van der Waals surface area contributed by atoms with E-state index in [-0.39, 0.29) is 5.82 Å². The van der Waals surface area contributed by atoms with E-state index in [0.29, 0.717) is 17.4 Å². The smallest absolute Gasteiger partial charge is 0.128 e. The van der Waals surface area contributed by atoms with Crippen molar-refractivity contribution >= 4 is 17.4 Å². The maximum Gasteiger partial charge on any atom is 0.128 e. The standard InChI is InChI=1S/C17H20FNS/c1-13(2)20-12-14-7-9-16(10-8-14)19-11-15-5-3-4-6-17(15)18/h3-10,13,19H,11-12H2,1-2H3. The number of halogens is 1. The molecule has 2 aromatic rings. The molecule has 0 unspecified atom stereocenters. The van der Waals surface area contributed by atoms with E-state index in [2.05, 4.69) is 43.4 Å². The van der Waals surface area contributed by atoms with Crippen LogP contribution in [0.5, 0.6) is 0 Å². The van der Waals surface area contributed by atoms with Gasteiger partial charge in [-0.1, -0.05) is 44.2 Å². The van der Waals surface area contributed by atoms with Crippen LogP contribution in [0.3, 0.4) is 0 Å². The summed E-state index contributed by atoms with van der Waals surface area (Å²) in [5, 5.41) is 3.89. The monoisotopic (exact) mass is 289 g/mol. The topological polar surface area (TPSA) is 12.0 Å². The molecule has 0 amide bonds. The van der Waals surface area contributed by atoms with Crippen LogP contribution in [0.1, 0.15) is 25.0 Å². The average molecular weight is 289 g/mol. The van der Waals surface area contributed by atoms with E-state index in [1.165, 1.54) is 11.6 Å². The number of hydrogen-bond acceptors (Lipinski definition) is 2. The van der Waals surface area contributed by atoms with Gasteiger partial charge in [-0.2, -0.15) is 11.8 Å². The van der Waals surface area contributed by atoms with Crippen molar-refractivity contribution in [3.63, 3.8) is 0 Å². The van der Waals surface area contributed by atoms with Gasteiger partial charge in [-0.15, -0.1) is 0 Å². The van der Waals surface area contributed by atoms with Gasteiger partial charge in [0.05, 0.1) is 0 Å². The van der Waals surface area contributed by atoms with E-state index < -0.39 is 0 Å². The molecule has 106 valence electrons. The number of anilines is 1. The fourth-order valence-electron chi connectivity index (χ4n) is 1.82. The summed E-state index contributed by atoms with van der Waals surface area (Å²) in [6.07, 6.45) is 0. The van der Waals surface area contributed by atoms with Crippen molar-refractivity contribution in [1.82, 2.24) is 0 Å². The van der Waals surface area contributed by atoms with Crippen molar-refractivity contribution in [3.05, 3.63) is 65.5 Å². The van der Waals surface area contributed by atoms with Crippen LogP contribution in [-0.4, -0.2) is 5.25 Å². The molecule has 0 aliphatic rings. The second-order valence-electron chi connectivity index (χ2n) is 5.00. The Morgan fingerprint density at radius 2 is 1.75 bits per heavy atom. The van der Waals surface area contributed by atoms with Gasteiger partial charge in [0.2, 0.25) is 0 Å². The van der Waals surface area contributed by atoms with Gasteiger partial charge in [-0.25, -0.2) is 4.39 Å². The molecule has 1 N–H and O–H groups in total. The van der Waals surface area contributed by atoms with Gasteiger partial charge in [0, 0.05) is 23.5 Å². The average Bonchev–Trinajstić information content (AvgIpc) is 2.45. The van der Waals surface area contributed by atoms with E-state index in [1.807, 2.05) is 17.8 Å². The van der Waals surface area contributed by atoms with Gasteiger partial charge in [0.15, 0.2) is 0 Å². The van der Waals surface area contributed by atoms with E-state index in [9.17, 15) is 4.39 Å². The van der Waals surface area contributed by atoms with Gasteiger partial charge in [-0.05, 0) is 29.0 Å². The van der Waals surface area contributed by atoms with Crippen molar-refractivity contribution in [2.24, 2.45) is 0 Å². The summed E-state index contributed by atoms with van der Waals surface area (Å²) in [6, 6.07) is 15.2. The van der Waals surface area contributed by atoms with Crippen molar-refractivity contribution in [2.45, 2.75) is 31.4 Å². The molecule has 0 aliphatic carbocycles. The summed E-state index contributed by atoms with van der Waals surface area (Å²) in [7, 11) is 0. The number of nitrogens with one attached hydrogen (secondary N) is 1. The first-order valence-electron chi connectivity index (χ1n) is 6.83. The largest absolute Gasteiger partial charge is 0.381 e. The fraction of sp³-hybridized carbons (Fsp3) is 0.294. The molecular formula is C17H20FNS. The molecule has 0 bridgehead atoms. The summed E-state index contributed by atoms with van der Waals surface area (Å²) < 4.78 is 13.5. The Kier molecular flexibility index (Phi) is 5.48. The van der Waals surface area contributed by atoms with Gasteiger partial charge >= 0.3 is 0 Å². The molecule has 0 fully saturated rings. The lowest BCUT2D eigenvalue weighted by Gasteiger charge is -2.09. The van der Waals surface area contributed by atoms with Crippen LogP contribution in [0, 0.1) is 5.82 Å². The highest BCUT2D eigenvalue weighted by Gasteiger charge is 2.01. The van der Waals surface area contributed by atoms with Gasteiger partial charge in [-0.3, -0.25) is 0 Å². The van der Waals surface area contributed by atoms with Crippen molar-refractivity contribution < 1.29 is 4.39 Å². The SMILES string of the molecule is CC(C)SCc1ccc(NCc2ccccc2F)cc1. The second-order valence-corrected chi connectivity index (χ2v) is 6.57. The Balaban J connectivity index is 1.89. The molecule has 2 aromatic carbocycles. The van der Waals surface area contributed by atoms with Crippen molar-refractivity contribution in [2.75, 3.05) is 5.32 Å². The van der Waals surface area contributed by atoms with Gasteiger partial charge in [0.1, 0.15) is 5.82 Å². The molecule has 1 nitrogen and oxygen atoms in total. The molecule has 0 spiro atoms. The Morgan fingerprint density at radius 1 is 1.05 bits per heavy atom. The van der Waals surface area contributed by atoms with Crippen LogP contribution in [0.4, 0.5) is 10.1 Å². The molecule has 3 heteroatoms. The van der Waals surface area contributed by atoms with E-state index in [4.69, 9.17) is 0 Å². The Hall–Kier alpha value is -1.48. The van der Waals surface area contributed by atoms with Crippen molar-refractivity contribution in [3.8, 4) is 0 Å². The van der Waals surface area contributed by atoms with Crippen LogP contribution >= 0.6 is 11.8 Å². The minimum Gasteiger partial charge on any atom is -0.381 e. The zero-order valence-electron chi connectivity index (χ0n) is 11.9. The van der Waals surface area contributed by atoms with E-state index >= 15 is 0 Å². The molecule has 20 heavy (non-hydrogen) atoms. The summed E-state index contributed by atoms with van der Waals surface area (Å²) in [4.78, 5) is 0. The van der Waals surface area contributed by atoms with Crippen LogP contribution in [-0.2, 0) is 12.3 Å². The Bertz CT molecular complexity index is 537. The van der Waals surface area contributed by atoms with Crippen molar-refractivity contribution in [1.29, 1.82) is 0 Å². The lowest BCUT2D eigenvalue weighted by Crippen LogP contribution is -2.01. The molecule has 0 aromatic heterocycles. The predicted octanol–water partition coefficient (Wildman–Crippen LogP) is 5.08. The van der Waals surface area contributed by atoms with Gasteiger partial charge in [0.25, 0.3) is 0 Å². The first kappa shape index (κ1) is 14.9. The second kappa shape index (κ2) is 7.34. The van der Waals surface area contributed by atoms with Crippen LogP contribution < -0.4 is 5.32 Å². The molecule has 0 heterocycles. The summed E-state index contributed by atoms with van der Waals surface area (Å²) in [6.45, 7) is 4.91.